The summed E-state index contributed by atoms with van der Waals surface area (Å²) in [6.07, 6.45) is -1.94. The first-order chi connectivity index (χ1) is 62.4. The molecule has 0 aliphatic carbocycles. The molecule has 1 nitrogen and oxygen atoms in total. The molecule has 133 heavy (non-hydrogen) atoms. The van der Waals surface area contributed by atoms with Gasteiger partial charge in [0.25, 0.3) is 0 Å². The third-order valence-electron chi connectivity index (χ3n) is 23.1. The van der Waals surface area contributed by atoms with Gasteiger partial charge in [-0.15, -0.1) is 0 Å². The summed E-state index contributed by atoms with van der Waals surface area (Å²) in [6.45, 7) is 84.3. The molecule has 0 heterocycles. The van der Waals surface area contributed by atoms with Crippen LogP contribution in [0.5, 0.6) is 0 Å². The Hall–Kier alpha value is -10.3. The second-order valence-electron chi connectivity index (χ2n) is 38.9. The van der Waals surface area contributed by atoms with E-state index in [4.69, 9.17) is 6.57 Å². The van der Waals surface area contributed by atoms with Gasteiger partial charge in [0, 0.05) is 5.56 Å². The van der Waals surface area contributed by atoms with Crippen LogP contribution in [-0.2, 0) is 19.0 Å². The minimum absolute atomic E-state index is 0.0992. The van der Waals surface area contributed by atoms with Crippen LogP contribution in [0.15, 0.2) is 273 Å². The summed E-state index contributed by atoms with van der Waals surface area (Å²) in [7, 11) is 0. The maximum absolute atomic E-state index is 12.9. The minimum atomic E-state index is -4.24. The number of alkyl halides is 3. The Kier molecular flexibility index (Phi) is 57.9. The van der Waals surface area contributed by atoms with E-state index in [0.717, 1.165) is 35.7 Å². The van der Waals surface area contributed by atoms with E-state index in [9.17, 15) is 26.3 Å². The molecule has 12 aromatic rings. The Morgan fingerprint density at radius 3 is 0.759 bits per heavy atom. The molecule has 12 rings (SSSR count). The van der Waals surface area contributed by atoms with Crippen LogP contribution in [0.3, 0.4) is 0 Å². The topological polar surface area (TPSA) is 4.36 Å². The predicted molar refractivity (Wildman–Crippen MR) is 573 cm³/mol. The summed E-state index contributed by atoms with van der Waals surface area (Å²) in [5.41, 5.74) is 28.9. The molecule has 7 heteroatoms. The average Bonchev–Trinajstić information content (AvgIpc) is 0.825. The number of rotatable bonds is 16. The van der Waals surface area contributed by atoms with Crippen LogP contribution < -0.4 is 0 Å². The lowest BCUT2D eigenvalue weighted by Gasteiger charge is -2.14. The van der Waals surface area contributed by atoms with Gasteiger partial charge in [0.1, 0.15) is 17.5 Å². The van der Waals surface area contributed by atoms with E-state index >= 15 is 0 Å². The molecule has 0 atom stereocenters. The van der Waals surface area contributed by atoms with E-state index < -0.39 is 23.4 Å². The van der Waals surface area contributed by atoms with Gasteiger partial charge in [-0.05, 0) is 273 Å². The molecule has 0 bridgehead atoms. The van der Waals surface area contributed by atoms with Gasteiger partial charge in [-0.3, -0.25) is 0 Å². The molecule has 0 saturated carbocycles. The molecule has 0 amide bonds. The first kappa shape index (κ1) is 121. The standard InChI is InChI=1S/3C12H18.2C11H16.C10H11F3.C10H11N.3C10H14.C9H10F2.C9H11F/c1-9(2)11-5-7-12(8-6-11)10(3)4;1-9(2)11-7-5-6-8-12(11)10(3)4;1-5-11-8-6-7-10(4)12(11)9(2)3;1-8(2)11-9(3)6-5-7-10(11)4;1-4-10-7-5-6-8-11(10)9(2)3;1-7(2)8-5-3-4-6-9(8)10(11,12)13;1-8(2)9-6-4-5-7-10(9)11-3;1-8(2)10-6-4-9(3)5-7-10;2*1-8(2)10-7-5-4-6-9(10)3;1-6(2)9-7(10)4-3-5-8(9)11;1-7(2)8-5-3-4-6-9(8)10/h2*5-10H,1-4H3;6-9H,5H2,1-4H3;5-8H,1-4H3;5-9H,4H2,1-3H3;3-7H,1-2H3;4-8H,1-2H3;3*4-8H,1-3H3;3-6H,1-2H3;3-7H,1-2H3. The average molecular weight is 1810 g/mol. The summed E-state index contributed by atoms with van der Waals surface area (Å²) in [4.78, 5) is 3.44. The van der Waals surface area contributed by atoms with Crippen molar-refractivity contribution in [2.45, 2.75) is 351 Å². The summed E-state index contributed by atoms with van der Waals surface area (Å²) < 4.78 is 75.8. The van der Waals surface area contributed by atoms with Crippen molar-refractivity contribution in [1.82, 2.24) is 0 Å². The SMILES string of the molecule is CC(C)c1c(F)cccc1F.CC(C)c1ccc(C(C)C)cc1.CC(C)c1ccccc1C(C)C.CC(C)c1ccccc1C(F)(F)F.CC(C)c1ccccc1F.CCc1cccc(C)c1C(C)C.CCc1ccccc1C(C)C.Cc1ccc(C(C)C)cc1.Cc1cccc(C)c1C(C)C.Cc1ccccc1C(C)C.Cc1ccccc1C(C)C.[C-]#[N+]c1ccccc1C(C)C. The van der Waals surface area contributed by atoms with Gasteiger partial charge in [0.05, 0.1) is 12.1 Å². The summed E-state index contributed by atoms with van der Waals surface area (Å²) in [5, 5.41) is 0. The molecule has 722 valence electrons. The summed E-state index contributed by atoms with van der Waals surface area (Å²) in [5.74, 6) is 6.00. The largest absolute Gasteiger partial charge is 0.416 e. The van der Waals surface area contributed by atoms with Gasteiger partial charge in [0.15, 0.2) is 5.69 Å². The summed E-state index contributed by atoms with van der Waals surface area (Å²) >= 11 is 0. The molecule has 12 aromatic carbocycles. The zero-order valence-electron chi connectivity index (χ0n) is 88.7. The number of hydrogen-bond donors (Lipinski definition) is 0. The minimum Gasteiger partial charge on any atom is -0.238 e. The lowest BCUT2D eigenvalue weighted by molar-refractivity contribution is -0.138. The van der Waals surface area contributed by atoms with E-state index in [-0.39, 0.29) is 29.1 Å². The van der Waals surface area contributed by atoms with Crippen LogP contribution in [0.25, 0.3) is 4.85 Å². The van der Waals surface area contributed by atoms with Crippen molar-refractivity contribution in [2.75, 3.05) is 0 Å². The number of halogens is 6. The van der Waals surface area contributed by atoms with E-state index in [0.29, 0.717) is 70.7 Å². The molecule has 0 aliphatic heterocycles. The molecule has 0 spiro atoms. The van der Waals surface area contributed by atoms with Crippen molar-refractivity contribution in [2.24, 2.45) is 0 Å². The predicted octanol–water partition coefficient (Wildman–Crippen LogP) is 40.9. The number of para-hydroxylation sites is 1. The summed E-state index contributed by atoms with van der Waals surface area (Å²) in [6, 6.07) is 89.5. The third kappa shape index (κ3) is 45.1. The van der Waals surface area contributed by atoms with Crippen LogP contribution in [0.1, 0.15) is 419 Å². The molecular weight excluding hydrogens is 1640 g/mol. The third-order valence-corrected chi connectivity index (χ3v) is 23.1. The Morgan fingerprint density at radius 1 is 0.226 bits per heavy atom. The lowest BCUT2D eigenvalue weighted by atomic mass is 9.91. The molecular formula is C126H171F6N. The van der Waals surface area contributed by atoms with Crippen molar-refractivity contribution in [3.05, 3.63) is 430 Å². The zero-order valence-corrected chi connectivity index (χ0v) is 88.7. The van der Waals surface area contributed by atoms with Gasteiger partial charge in [0.2, 0.25) is 0 Å². The first-order valence-corrected chi connectivity index (χ1v) is 48.8. The van der Waals surface area contributed by atoms with Crippen LogP contribution in [0, 0.1) is 65.6 Å². The van der Waals surface area contributed by atoms with Crippen LogP contribution in [-0.4, -0.2) is 0 Å². The van der Waals surface area contributed by atoms with E-state index in [2.05, 4.69) is 395 Å². The molecule has 0 fully saturated rings. The number of nitrogens with zero attached hydrogens (tertiary/aromatic N) is 1. The fraction of sp³-hybridized carbons (Fsp3) is 0.421. The highest BCUT2D eigenvalue weighted by Crippen LogP contribution is 2.36. The van der Waals surface area contributed by atoms with Crippen LogP contribution in [0.2, 0.25) is 0 Å². The first-order valence-electron chi connectivity index (χ1n) is 48.8. The smallest absolute Gasteiger partial charge is 0.238 e. The molecule has 0 aromatic heterocycles. The highest BCUT2D eigenvalue weighted by molar-refractivity contribution is 5.53. The van der Waals surface area contributed by atoms with Crippen molar-refractivity contribution in [3.8, 4) is 0 Å². The van der Waals surface area contributed by atoms with Gasteiger partial charge >= 0.3 is 6.18 Å². The van der Waals surface area contributed by atoms with Crippen molar-refractivity contribution in [3.63, 3.8) is 0 Å². The zero-order chi connectivity index (χ0) is 101. The normalized spacial score (nSPS) is 10.7. The van der Waals surface area contributed by atoms with E-state index in [1.54, 1.807) is 45.4 Å². The fourth-order valence-corrected chi connectivity index (χ4v) is 15.6. The number of benzene rings is 12. The van der Waals surface area contributed by atoms with Gasteiger partial charge in [-0.2, -0.15) is 13.2 Å². The van der Waals surface area contributed by atoms with E-state index in [1.165, 1.54) is 131 Å². The number of hydrogen-bond acceptors (Lipinski definition) is 0. The Labute approximate surface area is 807 Å². The molecule has 0 aliphatic rings. The Balaban J connectivity index is 0.000000726. The number of aryl methyl sites for hydroxylation is 8. The Morgan fingerprint density at radius 2 is 0.489 bits per heavy atom. The lowest BCUT2D eigenvalue weighted by Crippen LogP contribution is -2.09. The maximum atomic E-state index is 12.9. The maximum Gasteiger partial charge on any atom is 0.416 e. The van der Waals surface area contributed by atoms with Crippen LogP contribution >= 0.6 is 0 Å². The second kappa shape index (κ2) is 63.8. The van der Waals surface area contributed by atoms with Crippen molar-refractivity contribution >= 4 is 5.69 Å². The highest BCUT2D eigenvalue weighted by Gasteiger charge is 2.33. The van der Waals surface area contributed by atoms with Gasteiger partial charge in [-0.1, -0.05) is 462 Å². The van der Waals surface area contributed by atoms with Crippen molar-refractivity contribution in [1.29, 1.82) is 0 Å². The van der Waals surface area contributed by atoms with Crippen LogP contribution in [0.4, 0.5) is 32.0 Å². The second-order valence-corrected chi connectivity index (χ2v) is 38.9. The molecule has 0 unspecified atom stereocenters. The van der Waals surface area contributed by atoms with E-state index in [1.807, 2.05) is 50.2 Å². The quantitative estimate of drug-likeness (QED) is 0.0671. The highest BCUT2D eigenvalue weighted by atomic mass is 19.4. The molecule has 0 saturated heterocycles. The van der Waals surface area contributed by atoms with Gasteiger partial charge in [-0.25, -0.2) is 18.0 Å². The Bertz CT molecular complexity index is 4940. The molecule has 0 N–H and O–H groups in total. The monoisotopic (exact) mass is 1810 g/mol. The van der Waals surface area contributed by atoms with Gasteiger partial charge < -0.3 is 0 Å². The molecule has 0 radical (unpaired) electrons. The van der Waals surface area contributed by atoms with Crippen molar-refractivity contribution < 1.29 is 26.3 Å². The fourth-order valence-electron chi connectivity index (χ4n) is 15.6.